The molecule has 13 heavy (non-hydrogen) atoms. The molecule has 0 atom stereocenters. The van der Waals surface area contributed by atoms with Gasteiger partial charge >= 0.3 is 0 Å². The molecule has 4 heteroatoms. The van der Waals surface area contributed by atoms with E-state index in [1.54, 1.807) is 0 Å². The van der Waals surface area contributed by atoms with Crippen LogP contribution in [0.2, 0.25) is 0 Å². The van der Waals surface area contributed by atoms with Crippen molar-refractivity contribution in [3.63, 3.8) is 0 Å². The van der Waals surface area contributed by atoms with E-state index in [9.17, 15) is 4.79 Å². The van der Waals surface area contributed by atoms with Crippen LogP contribution in [-0.2, 0) is 4.79 Å². The van der Waals surface area contributed by atoms with Crippen LogP contribution in [0.1, 0.15) is 12.8 Å². The van der Waals surface area contributed by atoms with Gasteiger partial charge in [-0.05, 0) is 33.0 Å². The summed E-state index contributed by atoms with van der Waals surface area (Å²) < 4.78 is 0. The van der Waals surface area contributed by atoms with Crippen LogP contribution < -0.4 is 11.1 Å². The van der Waals surface area contributed by atoms with Crippen molar-refractivity contribution in [1.82, 2.24) is 10.2 Å². The predicted molar refractivity (Wildman–Crippen MR) is 52.3 cm³/mol. The summed E-state index contributed by atoms with van der Waals surface area (Å²) in [6.07, 6.45) is 1.86. The zero-order valence-electron chi connectivity index (χ0n) is 8.25. The summed E-state index contributed by atoms with van der Waals surface area (Å²) in [7, 11) is 1.95. The van der Waals surface area contributed by atoms with Crippen LogP contribution in [0.5, 0.6) is 0 Å². The van der Waals surface area contributed by atoms with Crippen molar-refractivity contribution < 1.29 is 4.79 Å². The molecule has 1 heterocycles. The van der Waals surface area contributed by atoms with E-state index in [1.165, 1.54) is 0 Å². The third kappa shape index (κ3) is 3.32. The molecular formula is C9H19N3O. The summed E-state index contributed by atoms with van der Waals surface area (Å²) >= 11 is 0. The van der Waals surface area contributed by atoms with Gasteiger partial charge in [0.25, 0.3) is 0 Å². The summed E-state index contributed by atoms with van der Waals surface area (Å²) in [5, 5.41) is 3.12. The molecule has 0 bridgehead atoms. The lowest BCUT2D eigenvalue weighted by molar-refractivity contribution is -0.123. The van der Waals surface area contributed by atoms with Crippen LogP contribution >= 0.6 is 0 Å². The molecule has 0 saturated carbocycles. The average molecular weight is 185 g/mol. The van der Waals surface area contributed by atoms with Gasteiger partial charge in [-0.15, -0.1) is 0 Å². The van der Waals surface area contributed by atoms with Gasteiger partial charge in [0.1, 0.15) is 0 Å². The minimum Gasteiger partial charge on any atom is -0.369 e. The van der Waals surface area contributed by atoms with Gasteiger partial charge in [0.2, 0.25) is 5.91 Å². The Bertz CT molecular complexity index is 164. The number of amides is 1. The second-order valence-corrected chi connectivity index (χ2v) is 3.62. The fourth-order valence-corrected chi connectivity index (χ4v) is 1.71. The second kappa shape index (κ2) is 5.19. The van der Waals surface area contributed by atoms with Gasteiger partial charge in [0, 0.05) is 19.0 Å². The number of nitrogens with zero attached hydrogens (tertiary/aromatic N) is 1. The zero-order chi connectivity index (χ0) is 9.68. The molecule has 1 aliphatic heterocycles. The summed E-state index contributed by atoms with van der Waals surface area (Å²) in [6.45, 7) is 4.10. The maximum Gasteiger partial charge on any atom is 0.220 e. The molecule has 0 radical (unpaired) electrons. The van der Waals surface area contributed by atoms with E-state index >= 15 is 0 Å². The lowest BCUT2D eigenvalue weighted by atomic mass is 9.96. The fourth-order valence-electron chi connectivity index (χ4n) is 1.71. The smallest absolute Gasteiger partial charge is 0.220 e. The van der Waals surface area contributed by atoms with Crippen LogP contribution in [0, 0.1) is 5.92 Å². The van der Waals surface area contributed by atoms with E-state index in [0.29, 0.717) is 0 Å². The van der Waals surface area contributed by atoms with Crippen molar-refractivity contribution in [2.24, 2.45) is 11.7 Å². The lowest BCUT2D eigenvalue weighted by Crippen LogP contribution is -2.40. The normalized spacial score (nSPS) is 20.4. The van der Waals surface area contributed by atoms with Crippen LogP contribution in [0.3, 0.4) is 0 Å². The molecule has 0 aliphatic carbocycles. The molecule has 1 amide bonds. The van der Waals surface area contributed by atoms with Gasteiger partial charge in [0.05, 0.1) is 0 Å². The molecule has 4 nitrogen and oxygen atoms in total. The largest absolute Gasteiger partial charge is 0.369 e. The number of piperidine rings is 1. The van der Waals surface area contributed by atoms with E-state index in [2.05, 4.69) is 10.2 Å². The number of hydrogen-bond donors (Lipinski definition) is 2. The third-order valence-corrected chi connectivity index (χ3v) is 2.67. The zero-order valence-corrected chi connectivity index (χ0v) is 8.25. The van der Waals surface area contributed by atoms with Gasteiger partial charge < -0.3 is 16.0 Å². The maximum atomic E-state index is 10.9. The van der Waals surface area contributed by atoms with Crippen molar-refractivity contribution in [1.29, 1.82) is 0 Å². The summed E-state index contributed by atoms with van der Waals surface area (Å²) in [5.41, 5.74) is 5.24. The Labute approximate surface area is 79.5 Å². The standard InChI is InChI=1S/C9H19N3O/c1-11-4-7-12-5-2-8(3-6-12)9(10)13/h8,11H,2-7H2,1H3,(H2,10,13). The lowest BCUT2D eigenvalue weighted by Gasteiger charge is -2.30. The monoisotopic (exact) mass is 185 g/mol. The molecule has 1 aliphatic rings. The first-order chi connectivity index (χ1) is 6.24. The van der Waals surface area contributed by atoms with Crippen molar-refractivity contribution in [2.75, 3.05) is 33.2 Å². The van der Waals surface area contributed by atoms with Gasteiger partial charge in [-0.25, -0.2) is 0 Å². The molecule has 0 spiro atoms. The SMILES string of the molecule is CNCCN1CCC(C(N)=O)CC1. The molecule has 1 fully saturated rings. The van der Waals surface area contributed by atoms with E-state index in [0.717, 1.165) is 39.0 Å². The quantitative estimate of drug-likeness (QED) is 0.615. The number of carbonyl (C=O) groups is 1. The number of likely N-dealkylation sites (N-methyl/N-ethyl adjacent to an activating group) is 1. The van der Waals surface area contributed by atoms with Crippen molar-refractivity contribution in [3.8, 4) is 0 Å². The highest BCUT2D eigenvalue weighted by atomic mass is 16.1. The minimum absolute atomic E-state index is 0.117. The number of primary amides is 1. The predicted octanol–water partition coefficient (Wildman–Crippen LogP) is -0.597. The maximum absolute atomic E-state index is 10.9. The Morgan fingerprint density at radius 3 is 2.62 bits per heavy atom. The summed E-state index contributed by atoms with van der Waals surface area (Å²) in [6, 6.07) is 0. The molecule has 0 aromatic rings. The Kier molecular flexibility index (Phi) is 4.18. The first-order valence-corrected chi connectivity index (χ1v) is 4.90. The van der Waals surface area contributed by atoms with E-state index in [1.807, 2.05) is 7.05 Å². The van der Waals surface area contributed by atoms with Gasteiger partial charge in [-0.1, -0.05) is 0 Å². The highest BCUT2D eigenvalue weighted by Crippen LogP contribution is 2.15. The molecule has 1 rings (SSSR count). The molecule has 76 valence electrons. The van der Waals surface area contributed by atoms with Crippen molar-refractivity contribution in [2.45, 2.75) is 12.8 Å². The highest BCUT2D eigenvalue weighted by molar-refractivity contribution is 5.76. The number of hydrogen-bond acceptors (Lipinski definition) is 3. The fraction of sp³-hybridized carbons (Fsp3) is 0.889. The van der Waals surface area contributed by atoms with E-state index in [-0.39, 0.29) is 11.8 Å². The topological polar surface area (TPSA) is 58.4 Å². The highest BCUT2D eigenvalue weighted by Gasteiger charge is 2.22. The van der Waals surface area contributed by atoms with Crippen LogP contribution in [-0.4, -0.2) is 44.0 Å². The molecule has 0 aromatic carbocycles. The average Bonchev–Trinajstić information content (AvgIpc) is 2.15. The number of likely N-dealkylation sites (tertiary alicyclic amines) is 1. The molecular weight excluding hydrogens is 166 g/mol. The Balaban J connectivity index is 2.18. The third-order valence-electron chi connectivity index (χ3n) is 2.67. The summed E-state index contributed by atoms with van der Waals surface area (Å²) in [4.78, 5) is 13.2. The summed E-state index contributed by atoms with van der Waals surface area (Å²) in [5.74, 6) is -0.0147. The van der Waals surface area contributed by atoms with Gasteiger partial charge in [0.15, 0.2) is 0 Å². The molecule has 0 aromatic heterocycles. The van der Waals surface area contributed by atoms with Gasteiger partial charge in [-0.2, -0.15) is 0 Å². The number of nitrogens with one attached hydrogen (secondary N) is 1. The molecule has 0 unspecified atom stereocenters. The Hall–Kier alpha value is -0.610. The van der Waals surface area contributed by atoms with Crippen molar-refractivity contribution >= 4 is 5.91 Å². The Morgan fingerprint density at radius 2 is 2.15 bits per heavy atom. The van der Waals surface area contributed by atoms with E-state index in [4.69, 9.17) is 5.73 Å². The van der Waals surface area contributed by atoms with Crippen LogP contribution in [0.25, 0.3) is 0 Å². The first-order valence-electron chi connectivity index (χ1n) is 4.90. The van der Waals surface area contributed by atoms with Crippen LogP contribution in [0.4, 0.5) is 0 Å². The number of rotatable bonds is 4. The first kappa shape index (κ1) is 10.5. The van der Waals surface area contributed by atoms with Crippen molar-refractivity contribution in [3.05, 3.63) is 0 Å². The van der Waals surface area contributed by atoms with Crippen LogP contribution in [0.15, 0.2) is 0 Å². The Morgan fingerprint density at radius 1 is 1.54 bits per heavy atom. The molecule has 1 saturated heterocycles. The van der Waals surface area contributed by atoms with E-state index < -0.39 is 0 Å². The minimum atomic E-state index is -0.131. The molecule has 3 N–H and O–H groups in total. The number of carbonyl (C=O) groups excluding carboxylic acids is 1. The van der Waals surface area contributed by atoms with Gasteiger partial charge in [-0.3, -0.25) is 4.79 Å². The second-order valence-electron chi connectivity index (χ2n) is 3.62. The number of nitrogens with two attached hydrogens (primary N) is 1.